The fraction of sp³-hybridized carbons (Fsp3) is 0.579. The molecule has 1 aromatic carbocycles. The SMILES string of the molecule is CC1CN(CCCCNCc2cc3ccccc3o2)CC(C)O1. The highest BCUT2D eigenvalue weighted by Gasteiger charge is 2.21. The van der Waals surface area contributed by atoms with E-state index in [9.17, 15) is 0 Å². The zero-order valence-electron chi connectivity index (χ0n) is 14.3. The third-order valence-corrected chi connectivity index (χ3v) is 4.35. The minimum atomic E-state index is 0.366. The Morgan fingerprint density at radius 1 is 1.13 bits per heavy atom. The summed E-state index contributed by atoms with van der Waals surface area (Å²) in [6.07, 6.45) is 3.15. The fourth-order valence-electron chi connectivity index (χ4n) is 3.39. The summed E-state index contributed by atoms with van der Waals surface area (Å²) >= 11 is 0. The molecular weight excluding hydrogens is 288 g/mol. The molecule has 0 aliphatic carbocycles. The van der Waals surface area contributed by atoms with Gasteiger partial charge in [-0.1, -0.05) is 18.2 Å². The average molecular weight is 316 g/mol. The van der Waals surface area contributed by atoms with E-state index in [1.54, 1.807) is 0 Å². The number of furan rings is 1. The van der Waals surface area contributed by atoms with Crippen LogP contribution in [0, 0.1) is 0 Å². The van der Waals surface area contributed by atoms with Crippen molar-refractivity contribution in [2.24, 2.45) is 0 Å². The number of hydrogen-bond acceptors (Lipinski definition) is 4. The van der Waals surface area contributed by atoms with Gasteiger partial charge in [0.2, 0.25) is 0 Å². The molecule has 2 heterocycles. The van der Waals surface area contributed by atoms with Gasteiger partial charge in [0, 0.05) is 18.5 Å². The van der Waals surface area contributed by atoms with Crippen LogP contribution in [0.1, 0.15) is 32.4 Å². The summed E-state index contributed by atoms with van der Waals surface area (Å²) in [6, 6.07) is 10.3. The van der Waals surface area contributed by atoms with Crippen molar-refractivity contribution < 1.29 is 9.15 Å². The van der Waals surface area contributed by atoms with Crippen molar-refractivity contribution in [3.8, 4) is 0 Å². The first kappa shape index (κ1) is 16.5. The van der Waals surface area contributed by atoms with Crippen LogP contribution < -0.4 is 5.32 Å². The number of morpholine rings is 1. The summed E-state index contributed by atoms with van der Waals surface area (Å²) in [5.41, 5.74) is 0.972. The molecule has 1 N–H and O–H groups in total. The Balaban J connectivity index is 1.31. The highest BCUT2D eigenvalue weighted by atomic mass is 16.5. The van der Waals surface area contributed by atoms with Crippen LogP contribution >= 0.6 is 0 Å². The molecule has 2 aromatic rings. The number of rotatable bonds is 7. The summed E-state index contributed by atoms with van der Waals surface area (Å²) in [7, 11) is 0. The van der Waals surface area contributed by atoms with Crippen LogP contribution in [-0.4, -0.2) is 43.3 Å². The van der Waals surface area contributed by atoms with Gasteiger partial charge in [-0.15, -0.1) is 0 Å². The smallest absolute Gasteiger partial charge is 0.134 e. The van der Waals surface area contributed by atoms with Crippen LogP contribution in [-0.2, 0) is 11.3 Å². The minimum absolute atomic E-state index is 0.366. The summed E-state index contributed by atoms with van der Waals surface area (Å²) < 4.78 is 11.6. The fourth-order valence-corrected chi connectivity index (χ4v) is 3.39. The van der Waals surface area contributed by atoms with Gasteiger partial charge < -0.3 is 14.5 Å². The van der Waals surface area contributed by atoms with Crippen molar-refractivity contribution in [3.63, 3.8) is 0 Å². The molecule has 4 nitrogen and oxygen atoms in total. The maximum Gasteiger partial charge on any atom is 0.134 e. The lowest BCUT2D eigenvalue weighted by atomic mass is 10.2. The number of hydrogen-bond donors (Lipinski definition) is 1. The van der Waals surface area contributed by atoms with Crippen molar-refractivity contribution >= 4 is 11.0 Å². The lowest BCUT2D eigenvalue weighted by Crippen LogP contribution is -2.45. The molecule has 0 amide bonds. The topological polar surface area (TPSA) is 37.6 Å². The summed E-state index contributed by atoms with van der Waals surface area (Å²) in [5.74, 6) is 1.02. The summed E-state index contributed by atoms with van der Waals surface area (Å²) in [4.78, 5) is 2.53. The molecule has 3 rings (SSSR count). The molecule has 2 unspecified atom stereocenters. The molecule has 0 radical (unpaired) electrons. The van der Waals surface area contributed by atoms with Crippen LogP contribution in [0.15, 0.2) is 34.7 Å². The first-order valence-electron chi connectivity index (χ1n) is 8.76. The van der Waals surface area contributed by atoms with Crippen LogP contribution in [0.5, 0.6) is 0 Å². The highest BCUT2D eigenvalue weighted by molar-refractivity contribution is 5.77. The molecule has 1 aromatic heterocycles. The van der Waals surface area contributed by atoms with E-state index in [4.69, 9.17) is 9.15 Å². The number of nitrogens with zero attached hydrogens (tertiary/aromatic N) is 1. The van der Waals surface area contributed by atoms with Crippen LogP contribution in [0.3, 0.4) is 0 Å². The molecular formula is C19H28N2O2. The highest BCUT2D eigenvalue weighted by Crippen LogP contribution is 2.18. The number of ether oxygens (including phenoxy) is 1. The van der Waals surface area contributed by atoms with Gasteiger partial charge in [-0.3, -0.25) is 4.90 Å². The first-order valence-corrected chi connectivity index (χ1v) is 8.76. The number of benzene rings is 1. The molecule has 1 aliphatic heterocycles. The average Bonchev–Trinajstić information content (AvgIpc) is 2.92. The Morgan fingerprint density at radius 3 is 2.70 bits per heavy atom. The van der Waals surface area contributed by atoms with Crippen LogP contribution in [0.2, 0.25) is 0 Å². The summed E-state index contributed by atoms with van der Waals surface area (Å²) in [5, 5.41) is 4.66. The molecule has 23 heavy (non-hydrogen) atoms. The number of nitrogens with one attached hydrogen (secondary N) is 1. The molecule has 1 fully saturated rings. The van der Waals surface area contributed by atoms with Gasteiger partial charge in [0.05, 0.1) is 18.8 Å². The lowest BCUT2D eigenvalue weighted by Gasteiger charge is -2.35. The van der Waals surface area contributed by atoms with Gasteiger partial charge in [-0.05, 0) is 51.9 Å². The Morgan fingerprint density at radius 2 is 1.91 bits per heavy atom. The van der Waals surface area contributed by atoms with E-state index < -0.39 is 0 Å². The van der Waals surface area contributed by atoms with E-state index in [2.05, 4.69) is 36.2 Å². The Kier molecular flexibility index (Phi) is 5.70. The second-order valence-electron chi connectivity index (χ2n) is 6.65. The lowest BCUT2D eigenvalue weighted by molar-refractivity contribution is -0.0681. The minimum Gasteiger partial charge on any atom is -0.460 e. The van der Waals surface area contributed by atoms with Gasteiger partial charge in [0.15, 0.2) is 0 Å². The van der Waals surface area contributed by atoms with Gasteiger partial charge >= 0.3 is 0 Å². The normalized spacial score (nSPS) is 22.7. The predicted octanol–water partition coefficient (Wildman–Crippen LogP) is 3.41. The third-order valence-electron chi connectivity index (χ3n) is 4.35. The van der Waals surface area contributed by atoms with Gasteiger partial charge in [0.1, 0.15) is 11.3 Å². The molecule has 0 spiro atoms. The number of fused-ring (bicyclic) bond motifs is 1. The maximum atomic E-state index is 5.81. The van der Waals surface area contributed by atoms with Gasteiger partial charge in [0.25, 0.3) is 0 Å². The van der Waals surface area contributed by atoms with Crippen molar-refractivity contribution in [1.82, 2.24) is 10.2 Å². The van der Waals surface area contributed by atoms with E-state index in [0.717, 1.165) is 37.5 Å². The van der Waals surface area contributed by atoms with Crippen molar-refractivity contribution in [2.75, 3.05) is 26.2 Å². The van der Waals surface area contributed by atoms with Gasteiger partial charge in [-0.25, -0.2) is 0 Å². The molecule has 1 aliphatic rings. The first-order chi connectivity index (χ1) is 11.2. The summed E-state index contributed by atoms with van der Waals surface area (Å²) in [6.45, 7) is 9.47. The van der Waals surface area contributed by atoms with E-state index in [0.29, 0.717) is 12.2 Å². The largest absolute Gasteiger partial charge is 0.460 e. The molecule has 126 valence electrons. The van der Waals surface area contributed by atoms with E-state index in [1.165, 1.54) is 24.8 Å². The zero-order valence-corrected chi connectivity index (χ0v) is 14.3. The maximum absolute atomic E-state index is 5.81. The molecule has 0 saturated carbocycles. The number of unbranched alkanes of at least 4 members (excludes halogenated alkanes) is 1. The Labute approximate surface area is 138 Å². The van der Waals surface area contributed by atoms with E-state index >= 15 is 0 Å². The number of para-hydroxylation sites is 1. The van der Waals surface area contributed by atoms with Crippen LogP contribution in [0.4, 0.5) is 0 Å². The Bertz CT molecular complexity index is 567. The predicted molar refractivity (Wildman–Crippen MR) is 93.6 cm³/mol. The third kappa shape index (κ3) is 4.80. The van der Waals surface area contributed by atoms with Gasteiger partial charge in [-0.2, -0.15) is 0 Å². The second-order valence-corrected chi connectivity index (χ2v) is 6.65. The van der Waals surface area contributed by atoms with E-state index in [-0.39, 0.29) is 0 Å². The van der Waals surface area contributed by atoms with E-state index in [1.807, 2.05) is 18.2 Å². The molecule has 2 atom stereocenters. The molecule has 1 saturated heterocycles. The van der Waals surface area contributed by atoms with Crippen LogP contribution in [0.25, 0.3) is 11.0 Å². The molecule has 0 bridgehead atoms. The Hall–Kier alpha value is -1.36. The standard InChI is InChI=1S/C19H28N2O2/c1-15-13-21(14-16(2)22-15)10-6-5-9-20-12-18-11-17-7-3-4-8-19(17)23-18/h3-4,7-8,11,15-16,20H,5-6,9-10,12-14H2,1-2H3. The van der Waals surface area contributed by atoms with Crippen molar-refractivity contribution in [2.45, 2.75) is 45.4 Å². The second kappa shape index (κ2) is 7.95. The quantitative estimate of drug-likeness (QED) is 0.794. The van der Waals surface area contributed by atoms with Crippen molar-refractivity contribution in [3.05, 3.63) is 36.1 Å². The molecule has 4 heteroatoms. The van der Waals surface area contributed by atoms with Crippen molar-refractivity contribution in [1.29, 1.82) is 0 Å². The monoisotopic (exact) mass is 316 g/mol. The zero-order chi connectivity index (χ0) is 16.1.